The second-order valence-electron chi connectivity index (χ2n) is 4.32. The summed E-state index contributed by atoms with van der Waals surface area (Å²) in [4.78, 5) is 8.55. The van der Waals surface area contributed by atoms with Gasteiger partial charge in [-0.1, -0.05) is 6.07 Å². The Hall–Kier alpha value is -2.31. The number of hydrogen-bond acceptors (Lipinski definition) is 5. The Bertz CT molecular complexity index is 705. The molecule has 1 aromatic carbocycles. The van der Waals surface area contributed by atoms with Crippen LogP contribution in [0.2, 0.25) is 0 Å². The number of benzene rings is 1. The van der Waals surface area contributed by atoms with Gasteiger partial charge < -0.3 is 0 Å². The monoisotopic (exact) mass is 254 g/mol. The van der Waals surface area contributed by atoms with E-state index in [1.165, 1.54) is 0 Å². The third kappa shape index (κ3) is 2.18. The van der Waals surface area contributed by atoms with Gasteiger partial charge in [0.05, 0.1) is 22.8 Å². The zero-order valence-corrected chi connectivity index (χ0v) is 10.5. The Balaban J connectivity index is 2.06. The van der Waals surface area contributed by atoms with Crippen LogP contribution in [0.25, 0.3) is 11.0 Å². The summed E-state index contributed by atoms with van der Waals surface area (Å²) in [5.41, 5.74) is 6.37. The van der Waals surface area contributed by atoms with E-state index >= 15 is 0 Å². The summed E-state index contributed by atoms with van der Waals surface area (Å²) in [6.45, 7) is 0. The fourth-order valence-corrected chi connectivity index (χ4v) is 2.10. The van der Waals surface area contributed by atoms with Crippen molar-refractivity contribution in [2.45, 2.75) is 6.04 Å². The van der Waals surface area contributed by atoms with E-state index < -0.39 is 0 Å². The largest absolute Gasteiger partial charge is 0.275 e. The normalized spacial score (nSPS) is 12.7. The molecule has 96 valence electrons. The van der Waals surface area contributed by atoms with Crippen LogP contribution in [0.5, 0.6) is 0 Å². The van der Waals surface area contributed by atoms with Gasteiger partial charge in [-0.3, -0.25) is 20.5 Å². The molecule has 0 saturated heterocycles. The molecule has 19 heavy (non-hydrogen) atoms. The zero-order valence-electron chi connectivity index (χ0n) is 10.5. The first-order valence-electron chi connectivity index (χ1n) is 5.94. The number of hydrogen-bond donors (Lipinski definition) is 2. The molecule has 0 amide bonds. The molecule has 0 aliphatic carbocycles. The van der Waals surface area contributed by atoms with E-state index in [0.29, 0.717) is 0 Å². The average Bonchev–Trinajstić information content (AvgIpc) is 2.86. The summed E-state index contributed by atoms with van der Waals surface area (Å²) in [6.07, 6.45) is 5.25. The third-order valence-corrected chi connectivity index (χ3v) is 3.02. The molecule has 0 fully saturated rings. The highest BCUT2D eigenvalue weighted by Gasteiger charge is 2.15. The Morgan fingerprint density at radius 2 is 1.95 bits per heavy atom. The van der Waals surface area contributed by atoms with Gasteiger partial charge in [-0.25, -0.2) is 5.43 Å². The molecule has 1 unspecified atom stereocenters. The highest BCUT2D eigenvalue weighted by molar-refractivity contribution is 5.74. The Labute approximate surface area is 110 Å². The summed E-state index contributed by atoms with van der Waals surface area (Å²) >= 11 is 0. The van der Waals surface area contributed by atoms with Gasteiger partial charge >= 0.3 is 0 Å². The molecule has 6 heteroatoms. The zero-order chi connectivity index (χ0) is 13.2. The fourth-order valence-electron chi connectivity index (χ4n) is 2.10. The van der Waals surface area contributed by atoms with Gasteiger partial charge in [0.2, 0.25) is 0 Å². The maximum Gasteiger partial charge on any atom is 0.0900 e. The molecule has 0 radical (unpaired) electrons. The number of aryl methyl sites for hydroxylation is 1. The standard InChI is InChI=1S/C13H14N6/c1-19-7-4-11(18-19)13(17-14)9-2-3-10-12(8-9)16-6-5-15-10/h2-8,13,17H,14H2,1H3. The molecule has 0 aliphatic rings. The minimum absolute atomic E-state index is 0.160. The minimum Gasteiger partial charge on any atom is -0.275 e. The van der Waals surface area contributed by atoms with Gasteiger partial charge in [0.25, 0.3) is 0 Å². The lowest BCUT2D eigenvalue weighted by Gasteiger charge is -2.14. The lowest BCUT2D eigenvalue weighted by atomic mass is 10.0. The number of fused-ring (bicyclic) bond motifs is 1. The fraction of sp³-hybridized carbons (Fsp3) is 0.154. The Morgan fingerprint density at radius 3 is 2.63 bits per heavy atom. The van der Waals surface area contributed by atoms with Gasteiger partial charge in [-0.05, 0) is 23.8 Å². The van der Waals surface area contributed by atoms with Crippen LogP contribution >= 0.6 is 0 Å². The molecule has 0 spiro atoms. The van der Waals surface area contributed by atoms with E-state index in [9.17, 15) is 0 Å². The first-order chi connectivity index (χ1) is 9.28. The summed E-state index contributed by atoms with van der Waals surface area (Å²) in [5.74, 6) is 5.65. The first kappa shape index (κ1) is 11.8. The molecule has 0 saturated carbocycles. The lowest BCUT2D eigenvalue weighted by Crippen LogP contribution is -2.29. The predicted octanol–water partition coefficient (Wildman–Crippen LogP) is 0.916. The van der Waals surface area contributed by atoms with Gasteiger partial charge in [0.1, 0.15) is 0 Å². The molecule has 0 aliphatic heterocycles. The van der Waals surface area contributed by atoms with Gasteiger partial charge in [-0.15, -0.1) is 0 Å². The summed E-state index contributed by atoms with van der Waals surface area (Å²) < 4.78 is 1.75. The molecular formula is C13H14N6. The third-order valence-electron chi connectivity index (χ3n) is 3.02. The molecule has 6 nitrogen and oxygen atoms in total. The molecule has 0 bridgehead atoms. The van der Waals surface area contributed by atoms with Gasteiger partial charge in [-0.2, -0.15) is 5.10 Å². The van der Waals surface area contributed by atoms with Crippen LogP contribution in [-0.2, 0) is 7.05 Å². The van der Waals surface area contributed by atoms with Crippen molar-refractivity contribution in [3.8, 4) is 0 Å². The lowest BCUT2D eigenvalue weighted by molar-refractivity contribution is 0.604. The maximum atomic E-state index is 5.65. The van der Waals surface area contributed by atoms with Crippen LogP contribution in [0.1, 0.15) is 17.3 Å². The highest BCUT2D eigenvalue weighted by Crippen LogP contribution is 2.22. The Morgan fingerprint density at radius 1 is 1.16 bits per heavy atom. The van der Waals surface area contributed by atoms with E-state index in [4.69, 9.17) is 5.84 Å². The van der Waals surface area contributed by atoms with E-state index in [-0.39, 0.29) is 6.04 Å². The van der Waals surface area contributed by atoms with E-state index in [0.717, 1.165) is 22.3 Å². The van der Waals surface area contributed by atoms with Crippen LogP contribution in [0.4, 0.5) is 0 Å². The average molecular weight is 254 g/mol. The van der Waals surface area contributed by atoms with Gasteiger partial charge in [0.15, 0.2) is 0 Å². The van der Waals surface area contributed by atoms with Crippen LogP contribution in [0, 0.1) is 0 Å². The van der Waals surface area contributed by atoms with Crippen LogP contribution in [-0.4, -0.2) is 19.7 Å². The molecule has 1 atom stereocenters. The molecular weight excluding hydrogens is 240 g/mol. The molecule has 2 heterocycles. The van der Waals surface area contributed by atoms with Crippen molar-refractivity contribution >= 4 is 11.0 Å². The molecule has 2 aromatic heterocycles. The second-order valence-corrected chi connectivity index (χ2v) is 4.32. The maximum absolute atomic E-state index is 5.65. The summed E-state index contributed by atoms with van der Waals surface area (Å²) in [6, 6.07) is 7.67. The minimum atomic E-state index is -0.160. The van der Waals surface area contributed by atoms with Crippen LogP contribution in [0.3, 0.4) is 0 Å². The van der Waals surface area contributed by atoms with Crippen molar-refractivity contribution < 1.29 is 0 Å². The van der Waals surface area contributed by atoms with Crippen molar-refractivity contribution in [1.29, 1.82) is 0 Å². The second kappa shape index (κ2) is 4.75. The van der Waals surface area contributed by atoms with E-state index in [1.807, 2.05) is 37.5 Å². The van der Waals surface area contributed by atoms with Crippen molar-refractivity contribution in [2.24, 2.45) is 12.9 Å². The van der Waals surface area contributed by atoms with Crippen LogP contribution in [0.15, 0.2) is 42.9 Å². The summed E-state index contributed by atoms with van der Waals surface area (Å²) in [7, 11) is 1.88. The number of aromatic nitrogens is 4. The molecule has 3 aromatic rings. The van der Waals surface area contributed by atoms with Crippen molar-refractivity contribution in [3.63, 3.8) is 0 Å². The van der Waals surface area contributed by atoms with E-state index in [1.54, 1.807) is 17.1 Å². The van der Waals surface area contributed by atoms with Crippen molar-refractivity contribution in [1.82, 2.24) is 25.2 Å². The first-order valence-corrected chi connectivity index (χ1v) is 5.94. The quantitative estimate of drug-likeness (QED) is 0.536. The highest BCUT2D eigenvalue weighted by atomic mass is 15.3. The molecule has 3 N–H and O–H groups in total. The number of hydrazine groups is 1. The predicted molar refractivity (Wildman–Crippen MR) is 71.9 cm³/mol. The SMILES string of the molecule is Cn1ccc(C(NN)c2ccc3nccnc3c2)n1. The van der Waals surface area contributed by atoms with Gasteiger partial charge in [0, 0.05) is 25.6 Å². The molecule has 3 rings (SSSR count). The Kier molecular flexibility index (Phi) is 2.94. The van der Waals surface area contributed by atoms with Crippen molar-refractivity contribution in [3.05, 3.63) is 54.1 Å². The number of nitrogens with one attached hydrogen (secondary N) is 1. The topological polar surface area (TPSA) is 81.7 Å². The number of rotatable bonds is 3. The summed E-state index contributed by atoms with van der Waals surface area (Å²) in [5, 5.41) is 4.38. The number of nitrogens with two attached hydrogens (primary N) is 1. The van der Waals surface area contributed by atoms with Crippen LogP contribution < -0.4 is 11.3 Å². The number of nitrogens with zero attached hydrogens (tertiary/aromatic N) is 4. The smallest absolute Gasteiger partial charge is 0.0900 e. The van der Waals surface area contributed by atoms with E-state index in [2.05, 4.69) is 20.5 Å². The van der Waals surface area contributed by atoms with Crippen molar-refractivity contribution in [2.75, 3.05) is 0 Å².